The highest BCUT2D eigenvalue weighted by atomic mass is 32.2. The van der Waals surface area contributed by atoms with Crippen LogP contribution in [0.5, 0.6) is 0 Å². The fourth-order valence-corrected chi connectivity index (χ4v) is 6.08. The van der Waals surface area contributed by atoms with E-state index in [0.29, 0.717) is 32.7 Å². The van der Waals surface area contributed by atoms with Gasteiger partial charge >= 0.3 is 0 Å². The van der Waals surface area contributed by atoms with Gasteiger partial charge in [-0.2, -0.15) is 0 Å². The van der Waals surface area contributed by atoms with Crippen LogP contribution in [0.25, 0.3) is 24.0 Å². The number of nitrogens with zero attached hydrogens (tertiary/aromatic N) is 2. The van der Waals surface area contributed by atoms with Gasteiger partial charge in [-0.15, -0.1) is 11.3 Å². The van der Waals surface area contributed by atoms with Crippen molar-refractivity contribution < 1.29 is 17.8 Å². The first-order valence-electron chi connectivity index (χ1n) is 8.71. The van der Waals surface area contributed by atoms with E-state index in [0.717, 1.165) is 11.3 Å². The SMILES string of the molecule is C=c1s/c(=C\c2ccc(-c3ccccc3[N+](=O)[O-])o2)c(=O)n1C1CCS(=O)(=O)C1. The normalized spacial score (nSPS) is 18.9. The lowest BCUT2D eigenvalue weighted by Gasteiger charge is -2.07. The molecular weight excluding hydrogens is 416 g/mol. The highest BCUT2D eigenvalue weighted by Crippen LogP contribution is 2.31. The van der Waals surface area contributed by atoms with Crippen molar-refractivity contribution in [3.63, 3.8) is 0 Å². The molecule has 2 aromatic heterocycles. The van der Waals surface area contributed by atoms with E-state index in [2.05, 4.69) is 6.58 Å². The topological polar surface area (TPSA) is 112 Å². The van der Waals surface area contributed by atoms with Gasteiger partial charge in [0, 0.05) is 12.1 Å². The number of sulfone groups is 1. The minimum Gasteiger partial charge on any atom is -0.456 e. The highest BCUT2D eigenvalue weighted by molar-refractivity contribution is 7.91. The van der Waals surface area contributed by atoms with Crippen molar-refractivity contribution >= 4 is 39.5 Å². The van der Waals surface area contributed by atoms with Gasteiger partial charge in [0.1, 0.15) is 11.5 Å². The Morgan fingerprint density at radius 2 is 2.03 bits per heavy atom. The summed E-state index contributed by atoms with van der Waals surface area (Å²) in [7, 11) is -3.13. The molecule has 1 unspecified atom stereocenters. The minimum absolute atomic E-state index is 0.0613. The van der Waals surface area contributed by atoms with Crippen molar-refractivity contribution in [3.05, 3.63) is 71.8 Å². The van der Waals surface area contributed by atoms with Crippen molar-refractivity contribution in [2.75, 3.05) is 11.5 Å². The van der Waals surface area contributed by atoms with Gasteiger partial charge in [-0.1, -0.05) is 18.7 Å². The van der Waals surface area contributed by atoms with Crippen LogP contribution in [0.15, 0.2) is 45.6 Å². The highest BCUT2D eigenvalue weighted by Gasteiger charge is 2.30. The van der Waals surface area contributed by atoms with Crippen LogP contribution in [0.3, 0.4) is 0 Å². The lowest BCUT2D eigenvalue weighted by Crippen LogP contribution is -2.34. The van der Waals surface area contributed by atoms with Gasteiger partial charge in [-0.3, -0.25) is 19.5 Å². The molecule has 0 bridgehead atoms. The van der Waals surface area contributed by atoms with Crippen molar-refractivity contribution in [2.24, 2.45) is 0 Å². The van der Waals surface area contributed by atoms with Gasteiger partial charge in [0.05, 0.1) is 37.2 Å². The number of benzene rings is 1. The summed E-state index contributed by atoms with van der Waals surface area (Å²) in [4.78, 5) is 23.5. The largest absolute Gasteiger partial charge is 0.456 e. The van der Waals surface area contributed by atoms with E-state index in [1.54, 1.807) is 36.4 Å². The van der Waals surface area contributed by atoms with Gasteiger partial charge in [-0.05, 0) is 24.6 Å². The number of hydrogen-bond acceptors (Lipinski definition) is 7. The van der Waals surface area contributed by atoms with Gasteiger partial charge in [0.2, 0.25) is 0 Å². The number of hydrogen-bond donors (Lipinski definition) is 0. The zero-order valence-corrected chi connectivity index (χ0v) is 16.7. The Labute approximate surface area is 169 Å². The number of thiazole rings is 1. The minimum atomic E-state index is -3.13. The van der Waals surface area contributed by atoms with Gasteiger partial charge in [0.25, 0.3) is 11.2 Å². The Morgan fingerprint density at radius 3 is 2.72 bits per heavy atom. The Bertz CT molecular complexity index is 1380. The summed E-state index contributed by atoms with van der Waals surface area (Å²) >= 11 is 1.16. The molecule has 0 spiro atoms. The average molecular weight is 432 g/mol. The maximum atomic E-state index is 12.8. The third-order valence-corrected chi connectivity index (χ3v) is 7.46. The summed E-state index contributed by atoms with van der Waals surface area (Å²) in [6, 6.07) is 9.06. The second-order valence-electron chi connectivity index (χ2n) is 6.71. The van der Waals surface area contributed by atoms with Crippen LogP contribution in [0.4, 0.5) is 5.69 Å². The van der Waals surface area contributed by atoms with Crippen LogP contribution >= 0.6 is 11.3 Å². The number of furan rings is 1. The lowest BCUT2D eigenvalue weighted by atomic mass is 10.1. The number of nitro groups is 1. The molecule has 0 saturated carbocycles. The van der Waals surface area contributed by atoms with Crippen molar-refractivity contribution in [1.82, 2.24) is 4.57 Å². The molecule has 4 rings (SSSR count). The van der Waals surface area contributed by atoms with Crippen molar-refractivity contribution in [2.45, 2.75) is 12.5 Å². The van der Waals surface area contributed by atoms with Crippen LogP contribution in [0, 0.1) is 10.1 Å². The summed E-state index contributed by atoms with van der Waals surface area (Å²) in [5.74, 6) is 0.684. The van der Waals surface area contributed by atoms with Crippen LogP contribution in [0.2, 0.25) is 0 Å². The van der Waals surface area contributed by atoms with E-state index in [1.807, 2.05) is 0 Å². The molecule has 3 heterocycles. The smallest absolute Gasteiger partial charge is 0.280 e. The van der Waals surface area contributed by atoms with Gasteiger partial charge < -0.3 is 4.42 Å². The van der Waals surface area contributed by atoms with E-state index >= 15 is 0 Å². The average Bonchev–Trinajstić information content (AvgIpc) is 3.34. The Kier molecular flexibility index (Phi) is 4.75. The molecule has 150 valence electrons. The number of para-hydroxylation sites is 1. The number of rotatable bonds is 4. The molecule has 29 heavy (non-hydrogen) atoms. The Balaban J connectivity index is 1.73. The molecule has 0 aliphatic carbocycles. The molecule has 0 amide bonds. The predicted octanol–water partition coefficient (Wildman–Crippen LogP) is 1.68. The van der Waals surface area contributed by atoms with Gasteiger partial charge in [0.15, 0.2) is 9.84 Å². The Hall–Kier alpha value is -2.98. The van der Waals surface area contributed by atoms with Crippen molar-refractivity contribution in [3.8, 4) is 11.3 Å². The van der Waals surface area contributed by atoms with Crippen LogP contribution in [-0.4, -0.2) is 29.4 Å². The fourth-order valence-electron chi connectivity index (χ4n) is 3.44. The first kappa shape index (κ1) is 19.3. The van der Waals surface area contributed by atoms with E-state index in [9.17, 15) is 23.3 Å². The van der Waals surface area contributed by atoms with E-state index < -0.39 is 20.8 Å². The number of aromatic nitrogens is 1. The molecular formula is C19H16N2O6S2. The third kappa shape index (κ3) is 3.68. The van der Waals surface area contributed by atoms with Gasteiger partial charge in [-0.25, -0.2) is 8.42 Å². The molecule has 1 aromatic carbocycles. The molecule has 1 fully saturated rings. The quantitative estimate of drug-likeness (QED) is 0.458. The van der Waals surface area contributed by atoms with E-state index in [4.69, 9.17) is 4.42 Å². The summed E-state index contributed by atoms with van der Waals surface area (Å²) < 4.78 is 31.5. The maximum absolute atomic E-state index is 12.8. The molecule has 10 heteroatoms. The third-order valence-electron chi connectivity index (χ3n) is 4.77. The van der Waals surface area contributed by atoms with Crippen LogP contribution in [-0.2, 0) is 9.84 Å². The summed E-state index contributed by atoms with van der Waals surface area (Å²) in [5, 5.41) is 11.2. The summed E-state index contributed by atoms with van der Waals surface area (Å²) in [6.45, 7) is 3.88. The molecule has 1 atom stereocenters. The van der Waals surface area contributed by atoms with Crippen LogP contribution in [0.1, 0.15) is 18.2 Å². The summed E-state index contributed by atoms with van der Waals surface area (Å²) in [6.07, 6.45) is 1.93. The zero-order valence-electron chi connectivity index (χ0n) is 15.1. The molecule has 3 aromatic rings. The molecule has 1 aliphatic heterocycles. The Morgan fingerprint density at radius 1 is 1.28 bits per heavy atom. The molecule has 1 saturated heterocycles. The predicted molar refractivity (Wildman–Crippen MR) is 110 cm³/mol. The summed E-state index contributed by atoms with van der Waals surface area (Å²) in [5.41, 5.74) is -0.0464. The molecule has 0 radical (unpaired) electrons. The molecule has 1 aliphatic rings. The standard InChI is InChI=1S/C19H16N2O6S2/c1-12-20(13-8-9-29(25,26)11-13)19(22)18(28-12)10-14-6-7-17(27-14)15-4-2-3-5-16(15)21(23)24/h2-7,10,13H,1,8-9,11H2/b18-10-. The second kappa shape index (κ2) is 7.12. The van der Waals surface area contributed by atoms with Crippen LogP contribution < -0.4 is 14.8 Å². The maximum Gasteiger partial charge on any atom is 0.280 e. The van der Waals surface area contributed by atoms with E-state index in [-0.39, 0.29) is 22.8 Å². The molecule has 0 N–H and O–H groups in total. The molecule has 8 nitrogen and oxygen atoms in total. The number of nitro benzene ring substituents is 1. The first-order valence-corrected chi connectivity index (χ1v) is 11.3. The lowest BCUT2D eigenvalue weighted by molar-refractivity contribution is -0.384. The first-order chi connectivity index (χ1) is 13.7. The monoisotopic (exact) mass is 432 g/mol. The van der Waals surface area contributed by atoms with Crippen molar-refractivity contribution in [1.29, 1.82) is 0 Å². The second-order valence-corrected chi connectivity index (χ2v) is 10.1. The fraction of sp³-hybridized carbons (Fsp3) is 0.211. The zero-order chi connectivity index (χ0) is 20.8. The van der Waals surface area contributed by atoms with E-state index in [1.165, 1.54) is 10.6 Å².